The van der Waals surface area contributed by atoms with Crippen molar-refractivity contribution in [1.29, 1.82) is 0 Å². The van der Waals surface area contributed by atoms with Gasteiger partial charge in [-0.25, -0.2) is 8.42 Å². The summed E-state index contributed by atoms with van der Waals surface area (Å²) in [6, 6.07) is 7.01. The molecule has 2 aliphatic rings. The maximum atomic E-state index is 12.9. The Bertz CT molecular complexity index is 1040. The molecule has 1 saturated heterocycles. The van der Waals surface area contributed by atoms with E-state index in [4.69, 9.17) is 0 Å². The van der Waals surface area contributed by atoms with Crippen molar-refractivity contribution in [2.24, 2.45) is 11.8 Å². The standard InChI is InChI=1S/C21H28N4O3S/c1-13-5-7-18(8-6-13)29(27,28)24-10-17-9-20(19(17)11-24)22-21(26)12-25-16(4)14(2)15(3)23-25/h5-8,17,19-20H,9-12H2,1-4H3,(H,22,26)/t17-,19+,20+/m1/s1. The van der Waals surface area contributed by atoms with Crippen molar-refractivity contribution in [3.63, 3.8) is 0 Å². The molecule has 156 valence electrons. The van der Waals surface area contributed by atoms with Gasteiger partial charge < -0.3 is 5.32 Å². The van der Waals surface area contributed by atoms with Gasteiger partial charge in [0.1, 0.15) is 6.54 Å². The van der Waals surface area contributed by atoms with Crippen LogP contribution >= 0.6 is 0 Å². The second-order valence-electron chi connectivity index (χ2n) is 8.42. The lowest BCUT2D eigenvalue weighted by atomic mass is 9.71. The molecule has 29 heavy (non-hydrogen) atoms. The van der Waals surface area contributed by atoms with Gasteiger partial charge >= 0.3 is 0 Å². The molecule has 0 unspecified atom stereocenters. The summed E-state index contributed by atoms with van der Waals surface area (Å²) in [4.78, 5) is 12.8. The number of amides is 1. The van der Waals surface area contributed by atoms with Gasteiger partial charge in [0.2, 0.25) is 15.9 Å². The van der Waals surface area contributed by atoms with Crippen LogP contribution in [0.15, 0.2) is 29.2 Å². The van der Waals surface area contributed by atoms with Crippen molar-refractivity contribution in [2.75, 3.05) is 13.1 Å². The molecule has 2 heterocycles. The molecule has 1 aromatic heterocycles. The van der Waals surface area contributed by atoms with E-state index in [1.807, 2.05) is 39.8 Å². The van der Waals surface area contributed by atoms with Crippen LogP contribution in [-0.2, 0) is 21.4 Å². The maximum absolute atomic E-state index is 12.9. The summed E-state index contributed by atoms with van der Waals surface area (Å²) in [7, 11) is -3.48. The van der Waals surface area contributed by atoms with Crippen LogP contribution in [0.5, 0.6) is 0 Å². The van der Waals surface area contributed by atoms with Crippen LogP contribution in [-0.4, -0.2) is 47.5 Å². The van der Waals surface area contributed by atoms with E-state index in [1.54, 1.807) is 21.1 Å². The van der Waals surface area contributed by atoms with E-state index < -0.39 is 10.0 Å². The Hall–Kier alpha value is -2.19. The molecule has 1 aliphatic heterocycles. The molecule has 4 rings (SSSR count). The number of hydrogen-bond donors (Lipinski definition) is 1. The number of aromatic nitrogens is 2. The SMILES string of the molecule is Cc1ccc(S(=O)(=O)N2C[C@H]3C[C@H](NC(=O)Cn4nc(C)c(C)c4C)[C@H]3C2)cc1. The van der Waals surface area contributed by atoms with Crippen molar-refractivity contribution in [2.45, 2.75) is 51.6 Å². The number of nitrogens with one attached hydrogen (secondary N) is 1. The highest BCUT2D eigenvalue weighted by Crippen LogP contribution is 2.42. The van der Waals surface area contributed by atoms with E-state index in [9.17, 15) is 13.2 Å². The lowest BCUT2D eigenvalue weighted by Gasteiger charge is -2.39. The Morgan fingerprint density at radius 1 is 1.14 bits per heavy atom. The fourth-order valence-corrected chi connectivity index (χ4v) is 5.95. The molecule has 7 nitrogen and oxygen atoms in total. The third-order valence-corrected chi connectivity index (χ3v) is 8.42. The number of rotatable bonds is 5. The van der Waals surface area contributed by atoms with Crippen LogP contribution in [0.2, 0.25) is 0 Å². The summed E-state index contributed by atoms with van der Waals surface area (Å²) < 4.78 is 29.2. The number of fused-ring (bicyclic) bond motifs is 1. The van der Waals surface area contributed by atoms with E-state index in [2.05, 4.69) is 10.4 Å². The van der Waals surface area contributed by atoms with E-state index in [1.165, 1.54) is 0 Å². The average Bonchev–Trinajstić information content (AvgIpc) is 3.13. The highest BCUT2D eigenvalue weighted by molar-refractivity contribution is 7.89. The highest BCUT2D eigenvalue weighted by Gasteiger charge is 2.50. The zero-order valence-electron chi connectivity index (χ0n) is 17.3. The van der Waals surface area contributed by atoms with Crippen LogP contribution < -0.4 is 5.32 Å². The van der Waals surface area contributed by atoms with E-state index in [0.717, 1.165) is 28.9 Å². The minimum absolute atomic E-state index is 0.0313. The zero-order valence-corrected chi connectivity index (χ0v) is 18.2. The first-order valence-corrected chi connectivity index (χ1v) is 11.5. The van der Waals surface area contributed by atoms with Crippen molar-refractivity contribution in [3.8, 4) is 0 Å². The Balaban J connectivity index is 1.37. The number of hydrogen-bond acceptors (Lipinski definition) is 4. The summed E-state index contributed by atoms with van der Waals surface area (Å²) in [5.74, 6) is 0.428. The number of nitrogens with zero attached hydrogens (tertiary/aromatic N) is 3. The van der Waals surface area contributed by atoms with Crippen LogP contribution in [0.25, 0.3) is 0 Å². The summed E-state index contributed by atoms with van der Waals surface area (Å²) in [5.41, 5.74) is 4.08. The lowest BCUT2D eigenvalue weighted by Crippen LogP contribution is -2.52. The average molecular weight is 417 g/mol. The van der Waals surface area contributed by atoms with Crippen LogP contribution in [0.3, 0.4) is 0 Å². The smallest absolute Gasteiger partial charge is 0.243 e. The molecule has 0 radical (unpaired) electrons. The molecule has 0 bridgehead atoms. The predicted octanol–water partition coefficient (Wildman–Crippen LogP) is 1.94. The molecule has 0 spiro atoms. The van der Waals surface area contributed by atoms with Gasteiger partial charge in [0.25, 0.3) is 0 Å². The van der Waals surface area contributed by atoms with Crippen molar-refractivity contribution < 1.29 is 13.2 Å². The summed E-state index contributed by atoms with van der Waals surface area (Å²) in [6.45, 7) is 9.04. The Morgan fingerprint density at radius 2 is 1.83 bits per heavy atom. The van der Waals surface area contributed by atoms with Gasteiger partial charge in [0.15, 0.2) is 0 Å². The largest absolute Gasteiger partial charge is 0.351 e. The van der Waals surface area contributed by atoms with E-state index in [-0.39, 0.29) is 24.4 Å². The zero-order chi connectivity index (χ0) is 20.9. The third kappa shape index (κ3) is 3.59. The molecule has 2 aromatic rings. The Morgan fingerprint density at radius 3 is 2.45 bits per heavy atom. The maximum Gasteiger partial charge on any atom is 0.243 e. The van der Waals surface area contributed by atoms with Crippen LogP contribution in [0, 0.1) is 39.5 Å². The monoisotopic (exact) mass is 416 g/mol. The summed E-state index contributed by atoms with van der Waals surface area (Å²) in [6.07, 6.45) is 0.826. The van der Waals surface area contributed by atoms with Gasteiger partial charge in [0.05, 0.1) is 10.6 Å². The van der Waals surface area contributed by atoms with Gasteiger partial charge in [-0.05, 0) is 63.6 Å². The Labute approximate surface area is 172 Å². The predicted molar refractivity (Wildman–Crippen MR) is 110 cm³/mol. The number of sulfonamides is 1. The third-order valence-electron chi connectivity index (χ3n) is 6.57. The first-order chi connectivity index (χ1) is 13.7. The number of aryl methyl sites for hydroxylation is 2. The van der Waals surface area contributed by atoms with E-state index in [0.29, 0.717) is 23.9 Å². The van der Waals surface area contributed by atoms with Gasteiger partial charge in [-0.3, -0.25) is 9.48 Å². The van der Waals surface area contributed by atoms with Gasteiger partial charge in [-0.15, -0.1) is 0 Å². The normalized spacial score (nSPS) is 24.2. The molecule has 2 fully saturated rings. The highest BCUT2D eigenvalue weighted by atomic mass is 32.2. The van der Waals surface area contributed by atoms with Crippen molar-refractivity contribution in [3.05, 3.63) is 46.8 Å². The molecule has 8 heteroatoms. The van der Waals surface area contributed by atoms with Crippen LogP contribution in [0.1, 0.15) is 28.9 Å². The topological polar surface area (TPSA) is 84.3 Å². The number of carbonyl (C=O) groups excluding carboxylic acids is 1. The Kier molecular flexibility index (Phi) is 5.02. The minimum atomic E-state index is -3.48. The first kappa shape index (κ1) is 20.1. The minimum Gasteiger partial charge on any atom is -0.351 e. The quantitative estimate of drug-likeness (QED) is 0.807. The first-order valence-electron chi connectivity index (χ1n) is 10.0. The summed E-state index contributed by atoms with van der Waals surface area (Å²) >= 11 is 0. The molecule has 1 aliphatic carbocycles. The molecular weight excluding hydrogens is 388 g/mol. The fraction of sp³-hybridized carbons (Fsp3) is 0.524. The molecule has 1 amide bonds. The molecular formula is C21H28N4O3S. The molecule has 1 aromatic carbocycles. The molecule has 1 saturated carbocycles. The second-order valence-corrected chi connectivity index (χ2v) is 10.4. The van der Waals surface area contributed by atoms with Crippen molar-refractivity contribution >= 4 is 15.9 Å². The number of benzene rings is 1. The number of carbonyl (C=O) groups is 1. The van der Waals surface area contributed by atoms with Gasteiger partial charge in [-0.2, -0.15) is 9.40 Å². The second kappa shape index (κ2) is 7.25. The van der Waals surface area contributed by atoms with Gasteiger partial charge in [0, 0.05) is 24.8 Å². The van der Waals surface area contributed by atoms with Crippen molar-refractivity contribution in [1.82, 2.24) is 19.4 Å². The van der Waals surface area contributed by atoms with Crippen LogP contribution in [0.4, 0.5) is 0 Å². The fourth-order valence-electron chi connectivity index (χ4n) is 4.42. The van der Waals surface area contributed by atoms with Gasteiger partial charge in [-0.1, -0.05) is 17.7 Å². The van der Waals surface area contributed by atoms with E-state index >= 15 is 0 Å². The lowest BCUT2D eigenvalue weighted by molar-refractivity contribution is -0.124. The molecule has 1 N–H and O–H groups in total. The summed E-state index contributed by atoms with van der Waals surface area (Å²) in [5, 5.41) is 7.51. The molecule has 3 atom stereocenters.